The van der Waals surface area contributed by atoms with E-state index in [0.29, 0.717) is 0 Å². The maximum absolute atomic E-state index is 2.44. The summed E-state index contributed by atoms with van der Waals surface area (Å²) in [5, 5.41) is 4.77. The van der Waals surface area contributed by atoms with Gasteiger partial charge < -0.3 is 18.9 Å². The van der Waals surface area contributed by atoms with Gasteiger partial charge in [-0.3, -0.25) is 0 Å². The average molecular weight is 819 g/mol. The third-order valence-electron chi connectivity index (χ3n) is 12.4. The van der Waals surface area contributed by atoms with Gasteiger partial charge in [0, 0.05) is 55.7 Å². The minimum absolute atomic E-state index is 1.04. The molecule has 12 rings (SSSR count). The first-order valence-electron chi connectivity index (χ1n) is 21.9. The van der Waals surface area contributed by atoms with Crippen molar-refractivity contribution in [3.05, 3.63) is 255 Å². The second-order valence-corrected chi connectivity index (χ2v) is 16.2. The summed E-state index contributed by atoms with van der Waals surface area (Å²) in [6, 6.07) is 91.9. The number of hydrogen-bond donors (Lipinski definition) is 0. The highest BCUT2D eigenvalue weighted by Crippen LogP contribution is 2.49. The maximum atomic E-state index is 2.44. The summed E-state index contributed by atoms with van der Waals surface area (Å²) in [5.41, 5.74) is 15.7. The minimum Gasteiger partial charge on any atom is -0.310 e. The first-order valence-corrected chi connectivity index (χ1v) is 21.9. The van der Waals surface area contributed by atoms with Crippen LogP contribution in [0.1, 0.15) is 0 Å². The van der Waals surface area contributed by atoms with Gasteiger partial charge in [0.25, 0.3) is 0 Å². The average Bonchev–Trinajstić information content (AvgIpc) is 3.88. The van der Waals surface area contributed by atoms with Crippen molar-refractivity contribution in [2.45, 2.75) is 0 Å². The fourth-order valence-corrected chi connectivity index (χ4v) is 9.64. The van der Waals surface area contributed by atoms with Gasteiger partial charge in [-0.15, -0.1) is 0 Å². The van der Waals surface area contributed by atoms with Crippen molar-refractivity contribution in [1.29, 1.82) is 0 Å². The quantitative estimate of drug-likeness (QED) is 0.144. The van der Waals surface area contributed by atoms with Crippen LogP contribution in [0.15, 0.2) is 255 Å². The molecule has 302 valence electrons. The van der Waals surface area contributed by atoms with E-state index in [1.807, 2.05) is 0 Å². The predicted octanol–water partition coefficient (Wildman–Crippen LogP) is 16.5. The van der Waals surface area contributed by atoms with Gasteiger partial charge in [0.15, 0.2) is 0 Å². The predicted molar refractivity (Wildman–Crippen MR) is 270 cm³/mol. The maximum Gasteiger partial charge on any atom is 0.0583 e. The van der Waals surface area contributed by atoms with E-state index in [-0.39, 0.29) is 0 Å². The summed E-state index contributed by atoms with van der Waals surface area (Å²) in [7, 11) is 0. The van der Waals surface area contributed by atoms with Gasteiger partial charge in [-0.25, -0.2) is 0 Å². The highest BCUT2D eigenvalue weighted by Gasteiger charge is 2.25. The van der Waals surface area contributed by atoms with Gasteiger partial charge in [0.1, 0.15) is 0 Å². The third-order valence-corrected chi connectivity index (χ3v) is 12.4. The Bertz CT molecular complexity index is 3540. The zero-order valence-corrected chi connectivity index (χ0v) is 35.0. The first-order chi connectivity index (χ1) is 31.8. The van der Waals surface area contributed by atoms with Crippen molar-refractivity contribution in [2.75, 3.05) is 9.80 Å². The molecule has 0 aliphatic rings. The van der Waals surface area contributed by atoms with Crippen molar-refractivity contribution in [1.82, 2.24) is 9.13 Å². The van der Waals surface area contributed by atoms with E-state index in [4.69, 9.17) is 0 Å². The van der Waals surface area contributed by atoms with Crippen LogP contribution in [0.4, 0.5) is 34.1 Å². The SMILES string of the molecule is c1ccc(-c2ccc(-n3c4ccccc4c4c(N(c5ccccc5)c5ccccc5)cc(N(c5ccccc5)c5ccc6c(c5)c5ccccc5n6-c5ccccc5)cc43)cc2)cc1. The summed E-state index contributed by atoms with van der Waals surface area (Å²) < 4.78 is 4.82. The van der Waals surface area contributed by atoms with Crippen LogP contribution in [-0.2, 0) is 0 Å². The van der Waals surface area contributed by atoms with E-state index in [1.165, 1.54) is 43.7 Å². The molecule has 0 aliphatic carbocycles. The first kappa shape index (κ1) is 37.2. The van der Waals surface area contributed by atoms with E-state index in [0.717, 1.165) is 56.5 Å². The van der Waals surface area contributed by atoms with Crippen LogP contribution in [0.3, 0.4) is 0 Å². The summed E-state index contributed by atoms with van der Waals surface area (Å²) in [4.78, 5) is 4.84. The van der Waals surface area contributed by atoms with Crippen LogP contribution >= 0.6 is 0 Å². The number of anilines is 6. The van der Waals surface area contributed by atoms with Crippen molar-refractivity contribution in [3.8, 4) is 22.5 Å². The zero-order valence-electron chi connectivity index (χ0n) is 35.0. The molecule has 0 fully saturated rings. The number of hydrogen-bond acceptors (Lipinski definition) is 2. The molecular formula is C60H42N4. The molecule has 0 aliphatic heterocycles. The lowest BCUT2D eigenvalue weighted by Crippen LogP contribution is -2.14. The van der Waals surface area contributed by atoms with Gasteiger partial charge in [0.05, 0.1) is 33.4 Å². The molecule has 12 aromatic rings. The standard InChI is InChI=1S/C60H42N4/c1-6-20-43(21-7-1)44-34-36-49(37-35-44)64-56-33-19-17-31-53(56)60-58(62(46-24-10-3-11-25-46)47-26-12-4-13-27-47)41-51(42-59(60)64)61(45-22-8-2-9-23-45)50-38-39-57-54(40-50)52-30-16-18-32-55(52)63(57)48-28-14-5-15-29-48/h1-42H. The van der Waals surface area contributed by atoms with E-state index in [1.54, 1.807) is 0 Å². The smallest absolute Gasteiger partial charge is 0.0583 e. The summed E-state index contributed by atoms with van der Waals surface area (Å²) in [6.07, 6.45) is 0. The van der Waals surface area contributed by atoms with Gasteiger partial charge in [-0.05, 0) is 114 Å². The van der Waals surface area contributed by atoms with Crippen LogP contribution in [-0.4, -0.2) is 9.13 Å². The van der Waals surface area contributed by atoms with Gasteiger partial charge >= 0.3 is 0 Å². The van der Waals surface area contributed by atoms with Gasteiger partial charge in [-0.1, -0.05) is 152 Å². The summed E-state index contributed by atoms with van der Waals surface area (Å²) in [5.74, 6) is 0. The second-order valence-electron chi connectivity index (χ2n) is 16.2. The second kappa shape index (κ2) is 15.7. The fourth-order valence-electron chi connectivity index (χ4n) is 9.64. The molecule has 0 saturated carbocycles. The van der Waals surface area contributed by atoms with Crippen molar-refractivity contribution < 1.29 is 0 Å². The van der Waals surface area contributed by atoms with Crippen LogP contribution in [0.5, 0.6) is 0 Å². The Labute approximate surface area is 372 Å². The lowest BCUT2D eigenvalue weighted by atomic mass is 10.0. The molecule has 0 N–H and O–H groups in total. The molecule has 0 atom stereocenters. The molecule has 0 amide bonds. The normalized spacial score (nSPS) is 11.4. The van der Waals surface area contributed by atoms with Crippen molar-refractivity contribution in [2.24, 2.45) is 0 Å². The molecule has 0 bridgehead atoms. The lowest BCUT2D eigenvalue weighted by Gasteiger charge is -2.30. The summed E-state index contributed by atoms with van der Waals surface area (Å²) in [6.45, 7) is 0. The molecule has 0 saturated heterocycles. The van der Waals surface area contributed by atoms with Crippen molar-refractivity contribution in [3.63, 3.8) is 0 Å². The Morgan fingerprint density at radius 3 is 1.33 bits per heavy atom. The number of para-hydroxylation sites is 6. The summed E-state index contributed by atoms with van der Waals surface area (Å²) >= 11 is 0. The monoisotopic (exact) mass is 818 g/mol. The molecule has 10 aromatic carbocycles. The Morgan fingerprint density at radius 1 is 0.250 bits per heavy atom. The highest BCUT2D eigenvalue weighted by molar-refractivity contribution is 6.18. The molecule has 0 unspecified atom stereocenters. The topological polar surface area (TPSA) is 16.3 Å². The number of fused-ring (bicyclic) bond motifs is 6. The molecule has 4 nitrogen and oxygen atoms in total. The van der Waals surface area contributed by atoms with Gasteiger partial charge in [-0.2, -0.15) is 0 Å². The zero-order chi connectivity index (χ0) is 42.4. The highest BCUT2D eigenvalue weighted by atomic mass is 15.2. The Morgan fingerprint density at radius 2 is 0.703 bits per heavy atom. The minimum atomic E-state index is 1.04. The fraction of sp³-hybridized carbons (Fsp3) is 0. The molecular weight excluding hydrogens is 777 g/mol. The van der Waals surface area contributed by atoms with Crippen LogP contribution in [0, 0.1) is 0 Å². The van der Waals surface area contributed by atoms with Crippen LogP contribution in [0.2, 0.25) is 0 Å². The molecule has 2 heterocycles. The molecule has 0 radical (unpaired) electrons. The van der Waals surface area contributed by atoms with E-state index in [9.17, 15) is 0 Å². The van der Waals surface area contributed by atoms with Crippen molar-refractivity contribution >= 4 is 77.7 Å². The Kier molecular flexibility index (Phi) is 9.12. The number of nitrogens with zero attached hydrogens (tertiary/aromatic N) is 4. The lowest BCUT2D eigenvalue weighted by molar-refractivity contribution is 1.17. The van der Waals surface area contributed by atoms with Crippen LogP contribution < -0.4 is 9.80 Å². The van der Waals surface area contributed by atoms with Gasteiger partial charge in [0.2, 0.25) is 0 Å². The van der Waals surface area contributed by atoms with E-state index in [2.05, 4.69) is 274 Å². The van der Waals surface area contributed by atoms with E-state index < -0.39 is 0 Å². The van der Waals surface area contributed by atoms with Crippen LogP contribution in [0.25, 0.3) is 66.1 Å². The number of aromatic nitrogens is 2. The molecule has 64 heavy (non-hydrogen) atoms. The third kappa shape index (κ3) is 6.31. The molecule has 2 aromatic heterocycles. The molecule has 4 heteroatoms. The number of benzene rings is 10. The largest absolute Gasteiger partial charge is 0.310 e. The number of rotatable bonds is 9. The van der Waals surface area contributed by atoms with E-state index >= 15 is 0 Å². The Balaban J connectivity index is 1.16. The Hall–Kier alpha value is -8.60. The molecule has 0 spiro atoms.